The lowest BCUT2D eigenvalue weighted by atomic mass is 10.1. The zero-order valence-corrected chi connectivity index (χ0v) is 16.1. The van der Waals surface area contributed by atoms with E-state index in [-0.39, 0.29) is 17.2 Å². The minimum atomic E-state index is -0.789. The van der Waals surface area contributed by atoms with Gasteiger partial charge in [0.25, 0.3) is 5.91 Å². The van der Waals surface area contributed by atoms with Gasteiger partial charge >= 0.3 is 5.97 Å². The van der Waals surface area contributed by atoms with Gasteiger partial charge in [-0.1, -0.05) is 42.5 Å². The Balaban J connectivity index is 1.57. The molecule has 3 aromatic carbocycles. The van der Waals surface area contributed by atoms with Gasteiger partial charge in [-0.05, 0) is 55.0 Å². The Bertz CT molecular complexity index is 1190. The Kier molecular flexibility index (Phi) is 5.22. The SMILES string of the molecule is CC1=NN(c2ccccc2)C(=O)/C1=C\c1cccc(OC(=O)c2ccccc2F)c1. The molecule has 5 nitrogen and oxygen atoms in total. The summed E-state index contributed by atoms with van der Waals surface area (Å²) in [5.74, 6) is -1.43. The second-order valence-electron chi connectivity index (χ2n) is 6.64. The first-order valence-electron chi connectivity index (χ1n) is 9.26. The molecule has 6 heteroatoms. The fourth-order valence-electron chi connectivity index (χ4n) is 3.05. The van der Waals surface area contributed by atoms with E-state index >= 15 is 0 Å². The van der Waals surface area contributed by atoms with Crippen LogP contribution in [0, 0.1) is 5.82 Å². The van der Waals surface area contributed by atoms with Gasteiger partial charge < -0.3 is 4.74 Å². The average molecular weight is 400 g/mol. The predicted molar refractivity (Wildman–Crippen MR) is 113 cm³/mol. The molecule has 3 aromatic rings. The summed E-state index contributed by atoms with van der Waals surface area (Å²) in [6.07, 6.45) is 1.69. The monoisotopic (exact) mass is 400 g/mol. The van der Waals surface area contributed by atoms with Crippen LogP contribution >= 0.6 is 0 Å². The molecule has 1 amide bonds. The maximum atomic E-state index is 13.8. The summed E-state index contributed by atoms with van der Waals surface area (Å²) in [5, 5.41) is 5.69. The maximum absolute atomic E-state index is 13.8. The van der Waals surface area contributed by atoms with Gasteiger partial charge in [-0.15, -0.1) is 0 Å². The van der Waals surface area contributed by atoms with Gasteiger partial charge in [-0.3, -0.25) is 4.79 Å². The molecule has 0 N–H and O–H groups in total. The van der Waals surface area contributed by atoms with Crippen LogP contribution in [0.2, 0.25) is 0 Å². The number of hydrogen-bond donors (Lipinski definition) is 0. The van der Waals surface area contributed by atoms with Crippen molar-refractivity contribution in [3.05, 3.63) is 101 Å². The largest absolute Gasteiger partial charge is 0.423 e. The Morgan fingerprint density at radius 3 is 2.50 bits per heavy atom. The number of nitrogens with zero attached hydrogens (tertiary/aromatic N) is 2. The van der Waals surface area contributed by atoms with Crippen LogP contribution in [0.5, 0.6) is 5.75 Å². The number of halogens is 1. The number of rotatable bonds is 4. The zero-order chi connectivity index (χ0) is 21.1. The predicted octanol–water partition coefficient (Wildman–Crippen LogP) is 4.85. The molecular weight excluding hydrogens is 383 g/mol. The second-order valence-corrected chi connectivity index (χ2v) is 6.64. The Morgan fingerprint density at radius 1 is 1.00 bits per heavy atom. The number of hydrogen-bond acceptors (Lipinski definition) is 4. The number of benzene rings is 3. The molecule has 0 atom stereocenters. The van der Waals surface area contributed by atoms with E-state index < -0.39 is 11.8 Å². The van der Waals surface area contributed by atoms with E-state index in [9.17, 15) is 14.0 Å². The summed E-state index contributed by atoms with van der Waals surface area (Å²) in [4.78, 5) is 25.1. The number of esters is 1. The van der Waals surface area contributed by atoms with Crippen molar-refractivity contribution in [2.75, 3.05) is 5.01 Å². The smallest absolute Gasteiger partial charge is 0.346 e. The van der Waals surface area contributed by atoms with E-state index in [4.69, 9.17) is 4.74 Å². The molecule has 1 aliphatic rings. The number of para-hydroxylation sites is 1. The lowest BCUT2D eigenvalue weighted by Gasteiger charge is -2.11. The highest BCUT2D eigenvalue weighted by Gasteiger charge is 2.28. The molecule has 0 saturated heterocycles. The van der Waals surface area contributed by atoms with Crippen LogP contribution in [0.4, 0.5) is 10.1 Å². The average Bonchev–Trinajstić information content (AvgIpc) is 3.03. The molecule has 1 aliphatic heterocycles. The zero-order valence-electron chi connectivity index (χ0n) is 16.1. The van der Waals surface area contributed by atoms with Gasteiger partial charge in [-0.2, -0.15) is 10.1 Å². The van der Waals surface area contributed by atoms with Crippen molar-refractivity contribution in [2.45, 2.75) is 6.92 Å². The van der Waals surface area contributed by atoms with Crippen LogP contribution in [0.3, 0.4) is 0 Å². The molecule has 0 unspecified atom stereocenters. The van der Waals surface area contributed by atoms with Crippen molar-refractivity contribution in [3.63, 3.8) is 0 Å². The van der Waals surface area contributed by atoms with Gasteiger partial charge in [0.05, 0.1) is 22.5 Å². The van der Waals surface area contributed by atoms with E-state index in [1.165, 1.54) is 23.2 Å². The van der Waals surface area contributed by atoms with Gasteiger partial charge in [0.1, 0.15) is 11.6 Å². The fraction of sp³-hybridized carbons (Fsp3) is 0.0417. The first kappa shape index (κ1) is 19.3. The molecule has 148 valence electrons. The molecule has 0 fully saturated rings. The molecule has 0 bridgehead atoms. The molecular formula is C24H17FN2O3. The highest BCUT2D eigenvalue weighted by Crippen LogP contribution is 2.25. The number of hydrazone groups is 1. The fourth-order valence-corrected chi connectivity index (χ4v) is 3.05. The Morgan fingerprint density at radius 2 is 1.73 bits per heavy atom. The van der Waals surface area contributed by atoms with Crippen LogP contribution < -0.4 is 9.75 Å². The lowest BCUT2D eigenvalue weighted by Crippen LogP contribution is -2.21. The summed E-state index contributed by atoms with van der Waals surface area (Å²) in [6, 6.07) is 21.4. The normalized spacial score (nSPS) is 14.7. The maximum Gasteiger partial charge on any atom is 0.346 e. The molecule has 0 spiro atoms. The molecule has 0 aromatic heterocycles. The number of carbonyl (C=O) groups is 2. The molecule has 0 saturated carbocycles. The molecule has 4 rings (SSSR count). The van der Waals surface area contributed by atoms with Crippen LogP contribution in [-0.4, -0.2) is 17.6 Å². The van der Waals surface area contributed by atoms with Crippen molar-refractivity contribution in [3.8, 4) is 5.75 Å². The first-order chi connectivity index (χ1) is 14.5. The standard InChI is InChI=1S/C24H17FN2O3/c1-16-21(23(28)27(26-16)18-9-3-2-4-10-18)15-17-8-7-11-19(14-17)30-24(29)20-12-5-6-13-22(20)25/h2-15H,1H3/b21-15-. The number of ether oxygens (including phenoxy) is 1. The third kappa shape index (κ3) is 3.89. The Hall–Kier alpha value is -4.06. The summed E-state index contributed by atoms with van der Waals surface area (Å²) >= 11 is 0. The van der Waals surface area contributed by atoms with Crippen LogP contribution in [0.25, 0.3) is 6.08 Å². The van der Waals surface area contributed by atoms with E-state index in [1.807, 2.05) is 18.2 Å². The van der Waals surface area contributed by atoms with Crippen molar-refractivity contribution in [1.82, 2.24) is 0 Å². The molecule has 0 aliphatic carbocycles. The van der Waals surface area contributed by atoms with E-state index in [1.54, 1.807) is 55.5 Å². The summed E-state index contributed by atoms with van der Waals surface area (Å²) in [6.45, 7) is 1.76. The minimum absolute atomic E-state index is 0.145. The number of anilines is 1. The summed E-state index contributed by atoms with van der Waals surface area (Å²) in [5.41, 5.74) is 2.21. The van der Waals surface area contributed by atoms with E-state index in [2.05, 4.69) is 5.10 Å². The third-order valence-corrected chi connectivity index (χ3v) is 4.54. The number of amides is 1. The van der Waals surface area contributed by atoms with Gasteiger partial charge in [0, 0.05) is 0 Å². The highest BCUT2D eigenvalue weighted by molar-refractivity contribution is 6.32. The van der Waals surface area contributed by atoms with Crippen molar-refractivity contribution in [2.24, 2.45) is 5.10 Å². The van der Waals surface area contributed by atoms with Crippen LogP contribution in [0.1, 0.15) is 22.8 Å². The molecule has 30 heavy (non-hydrogen) atoms. The van der Waals surface area contributed by atoms with Gasteiger partial charge in [0.15, 0.2) is 0 Å². The van der Waals surface area contributed by atoms with E-state index in [0.717, 1.165) is 0 Å². The minimum Gasteiger partial charge on any atom is -0.423 e. The highest BCUT2D eigenvalue weighted by atomic mass is 19.1. The van der Waals surface area contributed by atoms with Crippen molar-refractivity contribution < 1.29 is 18.7 Å². The summed E-state index contributed by atoms with van der Waals surface area (Å²) < 4.78 is 19.1. The van der Waals surface area contributed by atoms with Crippen LogP contribution in [-0.2, 0) is 4.79 Å². The molecule has 1 heterocycles. The quantitative estimate of drug-likeness (QED) is 0.357. The van der Waals surface area contributed by atoms with Crippen molar-refractivity contribution in [1.29, 1.82) is 0 Å². The number of carbonyl (C=O) groups excluding carboxylic acids is 2. The van der Waals surface area contributed by atoms with Gasteiger partial charge in [-0.25, -0.2) is 9.18 Å². The Labute approximate surface area is 172 Å². The first-order valence-corrected chi connectivity index (χ1v) is 9.26. The lowest BCUT2D eigenvalue weighted by molar-refractivity contribution is -0.114. The summed E-state index contributed by atoms with van der Waals surface area (Å²) in [7, 11) is 0. The van der Waals surface area contributed by atoms with Crippen molar-refractivity contribution >= 4 is 29.4 Å². The van der Waals surface area contributed by atoms with E-state index in [0.29, 0.717) is 22.5 Å². The second kappa shape index (κ2) is 8.13. The van der Waals surface area contributed by atoms with Crippen LogP contribution in [0.15, 0.2) is 89.5 Å². The molecule has 0 radical (unpaired) electrons. The third-order valence-electron chi connectivity index (χ3n) is 4.54. The topological polar surface area (TPSA) is 59.0 Å². The van der Waals surface area contributed by atoms with Gasteiger partial charge in [0.2, 0.25) is 0 Å².